The van der Waals surface area contributed by atoms with Crippen LogP contribution in [0.15, 0.2) is 24.3 Å². The highest BCUT2D eigenvalue weighted by atomic mass is 32.2. The lowest BCUT2D eigenvalue weighted by Crippen LogP contribution is -2.47. The molecule has 0 bridgehead atoms. The van der Waals surface area contributed by atoms with Crippen LogP contribution in [0.1, 0.15) is 19.8 Å². The zero-order chi connectivity index (χ0) is 16.5. The number of unbranched alkanes of at least 4 members (excludes halogenated alkanes) is 1. The molecule has 0 fully saturated rings. The second-order valence-corrected chi connectivity index (χ2v) is 6.53. The van der Waals surface area contributed by atoms with Gasteiger partial charge in [-0.15, -0.1) is 0 Å². The molecule has 1 aliphatic rings. The largest absolute Gasteiger partial charge is 0.523 e. The minimum Gasteiger partial charge on any atom is -0.329 e. The average Bonchev–Trinajstić information content (AvgIpc) is 2.69. The first kappa shape index (κ1) is 16.9. The van der Waals surface area contributed by atoms with Crippen molar-refractivity contribution >= 4 is 21.5 Å². The van der Waals surface area contributed by atoms with E-state index in [0.29, 0.717) is 24.3 Å². The molecule has 9 heteroatoms. The van der Waals surface area contributed by atoms with E-state index < -0.39 is 22.0 Å². The van der Waals surface area contributed by atoms with Gasteiger partial charge in [-0.1, -0.05) is 25.5 Å². The third-order valence-corrected chi connectivity index (χ3v) is 4.41. The molecule has 0 saturated carbocycles. The zero-order valence-electron chi connectivity index (χ0n) is 12.2. The van der Waals surface area contributed by atoms with Crippen LogP contribution < -0.4 is 9.80 Å². The first-order valence-electron chi connectivity index (χ1n) is 6.77. The third-order valence-electron chi connectivity index (χ3n) is 3.42. The van der Waals surface area contributed by atoms with Crippen molar-refractivity contribution in [2.45, 2.75) is 31.6 Å². The van der Waals surface area contributed by atoms with Crippen LogP contribution in [0.3, 0.4) is 0 Å². The van der Waals surface area contributed by atoms with E-state index in [4.69, 9.17) is 0 Å². The van der Waals surface area contributed by atoms with Crippen molar-refractivity contribution in [2.24, 2.45) is 0 Å². The molecule has 22 heavy (non-hydrogen) atoms. The number of benzene rings is 1. The number of fused-ring (bicyclic) bond motifs is 1. The van der Waals surface area contributed by atoms with Crippen LogP contribution in [0, 0.1) is 0 Å². The van der Waals surface area contributed by atoms with Crippen LogP contribution in [-0.4, -0.2) is 33.9 Å². The average molecular weight is 338 g/mol. The molecule has 0 saturated heterocycles. The second kappa shape index (κ2) is 5.96. The summed E-state index contributed by atoms with van der Waals surface area (Å²) in [5.41, 5.74) is -4.17. The summed E-state index contributed by atoms with van der Waals surface area (Å²) >= 11 is 0. The summed E-state index contributed by atoms with van der Waals surface area (Å²) < 4.78 is 64.8. The van der Waals surface area contributed by atoms with Crippen LogP contribution in [0.5, 0.6) is 0 Å². The van der Waals surface area contributed by atoms with Crippen molar-refractivity contribution in [3.05, 3.63) is 24.3 Å². The maximum atomic E-state index is 12.6. The first-order valence-corrected chi connectivity index (χ1v) is 8.18. The molecule has 1 atom stereocenters. The first-order chi connectivity index (χ1) is 10.2. The summed E-state index contributed by atoms with van der Waals surface area (Å²) in [6, 6.07) is 6.91. The van der Waals surface area contributed by atoms with Crippen molar-refractivity contribution in [3.8, 4) is 0 Å². The molecule has 0 radical (unpaired) electrons. The van der Waals surface area contributed by atoms with Gasteiger partial charge in [0.15, 0.2) is 0 Å². The fourth-order valence-electron chi connectivity index (χ4n) is 2.30. The summed E-state index contributed by atoms with van der Waals surface area (Å²) in [4.78, 5) is 2.91. The smallest absolute Gasteiger partial charge is 0.329 e. The van der Waals surface area contributed by atoms with E-state index in [0.717, 1.165) is 6.42 Å². The Morgan fingerprint density at radius 1 is 1.23 bits per heavy atom. The normalized spacial score (nSPS) is 18.7. The Bertz CT molecular complexity index is 634. The van der Waals surface area contributed by atoms with Crippen molar-refractivity contribution in [2.75, 3.05) is 23.4 Å². The van der Waals surface area contributed by atoms with Crippen molar-refractivity contribution in [3.63, 3.8) is 0 Å². The number of para-hydroxylation sites is 2. The maximum Gasteiger partial charge on any atom is 0.523 e. The van der Waals surface area contributed by atoms with Crippen LogP contribution in [0.2, 0.25) is 0 Å². The highest BCUT2D eigenvalue weighted by Crippen LogP contribution is 2.40. The monoisotopic (exact) mass is 338 g/mol. The molecule has 0 aliphatic carbocycles. The molecule has 5 nitrogen and oxygen atoms in total. The van der Waals surface area contributed by atoms with Crippen molar-refractivity contribution in [1.82, 2.24) is 0 Å². The molecule has 1 unspecified atom stereocenters. The highest BCUT2D eigenvalue weighted by molar-refractivity contribution is 7.87. The molecule has 0 N–H and O–H groups in total. The quantitative estimate of drug-likeness (QED) is 0.610. The van der Waals surface area contributed by atoms with Gasteiger partial charge in [0.2, 0.25) is 6.35 Å². The fraction of sp³-hybridized carbons (Fsp3) is 0.538. The van der Waals surface area contributed by atoms with Gasteiger partial charge < -0.3 is 9.80 Å². The van der Waals surface area contributed by atoms with Gasteiger partial charge in [0.1, 0.15) is 0 Å². The topological polar surface area (TPSA) is 49.9 Å². The number of nitrogens with zero attached hydrogens (tertiary/aromatic N) is 2. The SMILES string of the molecule is CCCCN1c2ccccc2N(C)C1OS(=O)(=O)C(F)(F)F. The lowest BCUT2D eigenvalue weighted by Gasteiger charge is -2.29. The summed E-state index contributed by atoms with van der Waals surface area (Å²) in [5.74, 6) is 0. The Kier molecular flexibility index (Phi) is 4.57. The second-order valence-electron chi connectivity index (χ2n) is 4.97. The van der Waals surface area contributed by atoms with Gasteiger partial charge in [-0.05, 0) is 18.6 Å². The Hall–Kier alpha value is -1.48. The molecule has 2 rings (SSSR count). The van der Waals surface area contributed by atoms with E-state index in [1.165, 1.54) is 16.8 Å². The van der Waals surface area contributed by atoms with Gasteiger partial charge in [-0.25, -0.2) is 4.18 Å². The number of hydrogen-bond acceptors (Lipinski definition) is 5. The number of anilines is 2. The van der Waals surface area contributed by atoms with Crippen molar-refractivity contribution < 1.29 is 25.8 Å². The van der Waals surface area contributed by atoms with E-state index >= 15 is 0 Å². The molecule has 0 amide bonds. The van der Waals surface area contributed by atoms with Gasteiger partial charge in [-0.2, -0.15) is 21.6 Å². The lowest BCUT2D eigenvalue weighted by atomic mass is 10.2. The molecular formula is C13H17F3N2O3S. The molecular weight excluding hydrogens is 321 g/mol. The van der Waals surface area contributed by atoms with Crippen LogP contribution in [0.4, 0.5) is 24.5 Å². The zero-order valence-corrected chi connectivity index (χ0v) is 13.0. The standard InChI is InChI=1S/C13H17F3N2O3S/c1-3-4-9-18-11-8-6-5-7-10(11)17(2)12(18)21-22(19,20)13(14,15)16/h5-8,12H,3-4,9H2,1-2H3. The third kappa shape index (κ3) is 3.00. The van der Waals surface area contributed by atoms with E-state index in [-0.39, 0.29) is 0 Å². The van der Waals surface area contributed by atoms with Crippen LogP contribution in [0.25, 0.3) is 0 Å². The Labute approximate surface area is 127 Å². The van der Waals surface area contributed by atoms with Gasteiger partial charge in [0.25, 0.3) is 0 Å². The van der Waals surface area contributed by atoms with Gasteiger partial charge in [0.05, 0.1) is 11.4 Å². The van der Waals surface area contributed by atoms with Crippen molar-refractivity contribution in [1.29, 1.82) is 0 Å². The predicted octanol–water partition coefficient (Wildman–Crippen LogP) is 2.89. The van der Waals surface area contributed by atoms with Crippen LogP contribution in [-0.2, 0) is 14.3 Å². The predicted molar refractivity (Wildman–Crippen MR) is 76.9 cm³/mol. The van der Waals surface area contributed by atoms with E-state index in [2.05, 4.69) is 4.18 Å². The molecule has 1 aliphatic heterocycles. The maximum absolute atomic E-state index is 12.6. The Morgan fingerprint density at radius 3 is 2.36 bits per heavy atom. The van der Waals surface area contributed by atoms with E-state index in [1.807, 2.05) is 6.92 Å². The Morgan fingerprint density at radius 2 is 1.82 bits per heavy atom. The van der Waals surface area contributed by atoms with Gasteiger partial charge in [0, 0.05) is 13.6 Å². The summed E-state index contributed by atoms with van der Waals surface area (Å²) in [6.45, 7) is 2.34. The number of alkyl halides is 3. The molecule has 1 aromatic carbocycles. The van der Waals surface area contributed by atoms with Crippen LogP contribution >= 0.6 is 0 Å². The highest BCUT2D eigenvalue weighted by Gasteiger charge is 2.51. The van der Waals surface area contributed by atoms with Gasteiger partial charge in [-0.3, -0.25) is 0 Å². The summed E-state index contributed by atoms with van der Waals surface area (Å²) in [5, 5.41) is 0. The number of hydrogen-bond donors (Lipinski definition) is 0. The minimum atomic E-state index is -5.67. The summed E-state index contributed by atoms with van der Waals surface area (Å²) in [6.07, 6.45) is 0.186. The molecule has 124 valence electrons. The minimum absolute atomic E-state index is 0.399. The molecule has 0 aromatic heterocycles. The lowest BCUT2D eigenvalue weighted by molar-refractivity contribution is -0.0571. The van der Waals surface area contributed by atoms with Gasteiger partial charge >= 0.3 is 15.6 Å². The fourth-order valence-corrected chi connectivity index (χ4v) is 2.86. The number of halogens is 3. The Balaban J connectivity index is 2.34. The van der Waals surface area contributed by atoms with E-state index in [1.54, 1.807) is 24.3 Å². The molecule has 1 aromatic rings. The summed E-state index contributed by atoms with van der Waals surface area (Å²) in [7, 11) is -4.17. The molecule has 1 heterocycles. The molecule has 0 spiro atoms. The number of rotatable bonds is 5. The van der Waals surface area contributed by atoms with E-state index in [9.17, 15) is 21.6 Å².